The lowest BCUT2D eigenvalue weighted by Crippen LogP contribution is -2.35. The number of rotatable bonds is 4. The Labute approximate surface area is 107 Å². The molecule has 3 rings (SSSR count). The summed E-state index contributed by atoms with van der Waals surface area (Å²) in [5.41, 5.74) is 6.11. The van der Waals surface area contributed by atoms with Crippen LogP contribution in [0.15, 0.2) is 4.52 Å². The number of hydrogen-bond acceptors (Lipinski definition) is 5. The molecule has 1 heterocycles. The molecule has 2 atom stereocenters. The van der Waals surface area contributed by atoms with Gasteiger partial charge in [0, 0.05) is 12.0 Å². The summed E-state index contributed by atoms with van der Waals surface area (Å²) in [7, 11) is 0. The monoisotopic (exact) mass is 251 g/mol. The van der Waals surface area contributed by atoms with Gasteiger partial charge in [-0.05, 0) is 25.7 Å². The maximum Gasteiger partial charge on any atom is 0.252 e. The highest BCUT2D eigenvalue weighted by molar-refractivity contribution is 5.03. The standard InChI is InChI=1S/C13H21N3O2/c14-10-4-2-1-3-5-11(10)17-8-12-15-13(16-18-12)9-6-7-9/h9-11H,1-8,14H2. The van der Waals surface area contributed by atoms with Crippen molar-refractivity contribution in [3.05, 3.63) is 11.7 Å². The van der Waals surface area contributed by atoms with Crippen LogP contribution in [0.1, 0.15) is 62.6 Å². The minimum Gasteiger partial charge on any atom is -0.367 e. The van der Waals surface area contributed by atoms with Crippen LogP contribution >= 0.6 is 0 Å². The van der Waals surface area contributed by atoms with Crippen LogP contribution in [0.25, 0.3) is 0 Å². The second-order valence-electron chi connectivity index (χ2n) is 5.47. The minimum atomic E-state index is 0.142. The predicted octanol–water partition coefficient (Wildman–Crippen LogP) is 2.12. The lowest BCUT2D eigenvalue weighted by molar-refractivity contribution is 0.00685. The molecule has 2 aliphatic carbocycles. The molecule has 1 aromatic rings. The van der Waals surface area contributed by atoms with Gasteiger partial charge in [0.2, 0.25) is 0 Å². The van der Waals surface area contributed by atoms with Crippen LogP contribution in [-0.4, -0.2) is 22.3 Å². The Balaban J connectivity index is 1.52. The fourth-order valence-corrected chi connectivity index (χ4v) is 2.52. The number of hydrogen-bond donors (Lipinski definition) is 1. The van der Waals surface area contributed by atoms with Crippen LogP contribution in [0.5, 0.6) is 0 Å². The van der Waals surface area contributed by atoms with Crippen molar-refractivity contribution < 1.29 is 9.26 Å². The Morgan fingerprint density at radius 1 is 1.17 bits per heavy atom. The van der Waals surface area contributed by atoms with E-state index >= 15 is 0 Å². The summed E-state index contributed by atoms with van der Waals surface area (Å²) in [6.07, 6.45) is 8.31. The van der Waals surface area contributed by atoms with Gasteiger partial charge in [0.05, 0.1) is 6.10 Å². The van der Waals surface area contributed by atoms with E-state index in [9.17, 15) is 0 Å². The first-order valence-corrected chi connectivity index (χ1v) is 7.02. The van der Waals surface area contributed by atoms with Gasteiger partial charge in [-0.3, -0.25) is 0 Å². The molecular weight excluding hydrogens is 230 g/mol. The van der Waals surface area contributed by atoms with Gasteiger partial charge in [0.25, 0.3) is 5.89 Å². The summed E-state index contributed by atoms with van der Waals surface area (Å²) in [6.45, 7) is 0.401. The molecule has 0 spiro atoms. The molecule has 0 amide bonds. The smallest absolute Gasteiger partial charge is 0.252 e. The van der Waals surface area contributed by atoms with Crippen molar-refractivity contribution in [3.63, 3.8) is 0 Å². The molecular formula is C13H21N3O2. The van der Waals surface area contributed by atoms with Crippen LogP contribution < -0.4 is 5.73 Å². The van der Waals surface area contributed by atoms with Gasteiger partial charge in [-0.15, -0.1) is 0 Å². The quantitative estimate of drug-likeness (QED) is 0.830. The first-order valence-electron chi connectivity index (χ1n) is 7.02. The van der Waals surface area contributed by atoms with Crippen molar-refractivity contribution >= 4 is 0 Å². The molecule has 1 aromatic heterocycles. The highest BCUT2D eigenvalue weighted by atomic mass is 16.5. The Morgan fingerprint density at radius 2 is 2.00 bits per heavy atom. The van der Waals surface area contributed by atoms with Gasteiger partial charge in [-0.2, -0.15) is 4.98 Å². The summed E-state index contributed by atoms with van der Waals surface area (Å²) in [5.74, 6) is 1.97. The van der Waals surface area contributed by atoms with Crippen molar-refractivity contribution in [2.24, 2.45) is 5.73 Å². The second kappa shape index (κ2) is 5.36. The maximum absolute atomic E-state index is 6.11. The Hall–Kier alpha value is -0.940. The average molecular weight is 251 g/mol. The lowest BCUT2D eigenvalue weighted by Gasteiger charge is -2.20. The van der Waals surface area contributed by atoms with Gasteiger partial charge in [-0.25, -0.2) is 0 Å². The van der Waals surface area contributed by atoms with Gasteiger partial charge in [0.1, 0.15) is 6.61 Å². The second-order valence-corrected chi connectivity index (χ2v) is 5.47. The van der Waals surface area contributed by atoms with Crippen LogP contribution in [0.4, 0.5) is 0 Å². The molecule has 2 N–H and O–H groups in total. The summed E-state index contributed by atoms with van der Waals surface area (Å²) in [4.78, 5) is 4.36. The first kappa shape index (κ1) is 12.1. The van der Waals surface area contributed by atoms with Crippen molar-refractivity contribution in [2.45, 2.75) is 69.6 Å². The van der Waals surface area contributed by atoms with Crippen molar-refractivity contribution in [1.29, 1.82) is 0 Å². The van der Waals surface area contributed by atoms with Crippen molar-refractivity contribution in [3.8, 4) is 0 Å². The highest BCUT2D eigenvalue weighted by Crippen LogP contribution is 2.38. The Bertz CT molecular complexity index is 389. The van der Waals surface area contributed by atoms with Crippen LogP contribution in [0.3, 0.4) is 0 Å². The van der Waals surface area contributed by atoms with E-state index in [0.717, 1.165) is 18.7 Å². The van der Waals surface area contributed by atoms with Gasteiger partial charge < -0.3 is 15.0 Å². The van der Waals surface area contributed by atoms with Crippen molar-refractivity contribution in [2.75, 3.05) is 0 Å². The minimum absolute atomic E-state index is 0.142. The summed E-state index contributed by atoms with van der Waals surface area (Å²) >= 11 is 0. The summed E-state index contributed by atoms with van der Waals surface area (Å²) in [5, 5.41) is 3.98. The number of ether oxygens (including phenoxy) is 1. The van der Waals surface area contributed by atoms with Crippen LogP contribution in [0, 0.1) is 0 Å². The van der Waals surface area contributed by atoms with E-state index in [1.807, 2.05) is 0 Å². The van der Waals surface area contributed by atoms with E-state index < -0.39 is 0 Å². The lowest BCUT2D eigenvalue weighted by atomic mass is 10.1. The average Bonchev–Trinajstić information content (AvgIpc) is 3.15. The molecule has 100 valence electrons. The largest absolute Gasteiger partial charge is 0.367 e. The van der Waals surface area contributed by atoms with E-state index in [2.05, 4.69) is 10.1 Å². The zero-order valence-corrected chi connectivity index (χ0v) is 10.7. The summed E-state index contributed by atoms with van der Waals surface area (Å²) < 4.78 is 11.1. The molecule has 2 aliphatic rings. The molecule has 2 unspecified atom stereocenters. The van der Waals surface area contributed by atoms with E-state index in [-0.39, 0.29) is 12.1 Å². The number of aromatic nitrogens is 2. The molecule has 0 radical (unpaired) electrons. The molecule has 2 saturated carbocycles. The zero-order valence-electron chi connectivity index (χ0n) is 10.7. The first-order chi connectivity index (χ1) is 8.83. The molecule has 18 heavy (non-hydrogen) atoms. The number of nitrogens with two attached hydrogens (primary N) is 1. The molecule has 5 heteroatoms. The molecule has 0 aliphatic heterocycles. The van der Waals surface area contributed by atoms with E-state index in [1.54, 1.807) is 0 Å². The van der Waals surface area contributed by atoms with E-state index in [0.29, 0.717) is 18.4 Å². The van der Waals surface area contributed by atoms with Crippen LogP contribution in [-0.2, 0) is 11.3 Å². The Kier molecular flexibility index (Phi) is 3.61. The third-order valence-corrected chi connectivity index (χ3v) is 3.85. The highest BCUT2D eigenvalue weighted by Gasteiger charge is 2.29. The van der Waals surface area contributed by atoms with Crippen molar-refractivity contribution in [1.82, 2.24) is 10.1 Å². The van der Waals surface area contributed by atoms with Gasteiger partial charge >= 0.3 is 0 Å². The normalized spacial score (nSPS) is 29.2. The predicted molar refractivity (Wildman–Crippen MR) is 65.9 cm³/mol. The van der Waals surface area contributed by atoms with Crippen LogP contribution in [0.2, 0.25) is 0 Å². The maximum atomic E-state index is 6.11. The zero-order chi connectivity index (χ0) is 12.4. The Morgan fingerprint density at radius 3 is 2.83 bits per heavy atom. The molecule has 0 saturated heterocycles. The van der Waals surface area contributed by atoms with E-state index in [1.165, 1.54) is 32.1 Å². The third kappa shape index (κ3) is 2.90. The molecule has 2 fully saturated rings. The molecule has 0 aromatic carbocycles. The molecule has 5 nitrogen and oxygen atoms in total. The fourth-order valence-electron chi connectivity index (χ4n) is 2.52. The SMILES string of the molecule is NC1CCCCCC1OCc1nc(C2CC2)no1. The third-order valence-electron chi connectivity index (χ3n) is 3.85. The van der Waals surface area contributed by atoms with Gasteiger partial charge in [0.15, 0.2) is 5.82 Å². The van der Waals surface area contributed by atoms with Gasteiger partial charge in [-0.1, -0.05) is 24.4 Å². The number of nitrogens with zero attached hydrogens (tertiary/aromatic N) is 2. The molecule has 0 bridgehead atoms. The fraction of sp³-hybridized carbons (Fsp3) is 0.846. The van der Waals surface area contributed by atoms with E-state index in [4.69, 9.17) is 15.0 Å². The summed E-state index contributed by atoms with van der Waals surface area (Å²) in [6, 6.07) is 0.151. The topological polar surface area (TPSA) is 74.2 Å².